The molecule has 0 aliphatic carbocycles. The van der Waals surface area contributed by atoms with E-state index in [-0.39, 0.29) is 16.6 Å². The Hall–Kier alpha value is -3.49. The first-order chi connectivity index (χ1) is 17.4. The summed E-state index contributed by atoms with van der Waals surface area (Å²) >= 11 is 0. The minimum absolute atomic E-state index is 0.126. The first-order valence-electron chi connectivity index (χ1n) is 12.1. The molecule has 6 nitrogen and oxygen atoms in total. The van der Waals surface area contributed by atoms with Gasteiger partial charge in [0, 0.05) is 50.5 Å². The van der Waals surface area contributed by atoms with E-state index in [9.17, 15) is 17.6 Å². The Balaban J connectivity index is 1.25. The van der Waals surface area contributed by atoms with Crippen molar-refractivity contribution in [3.8, 4) is 0 Å². The van der Waals surface area contributed by atoms with Gasteiger partial charge in [-0.15, -0.1) is 0 Å². The van der Waals surface area contributed by atoms with Crippen LogP contribution in [0.5, 0.6) is 0 Å². The van der Waals surface area contributed by atoms with E-state index in [1.807, 2.05) is 23.1 Å². The van der Waals surface area contributed by atoms with Gasteiger partial charge in [-0.3, -0.25) is 4.79 Å². The van der Waals surface area contributed by atoms with Gasteiger partial charge < -0.3 is 9.80 Å². The van der Waals surface area contributed by atoms with Gasteiger partial charge in [0.25, 0.3) is 5.91 Å². The number of anilines is 1. The van der Waals surface area contributed by atoms with Crippen LogP contribution in [0.4, 0.5) is 10.1 Å². The van der Waals surface area contributed by atoms with Crippen LogP contribution in [0.3, 0.4) is 0 Å². The predicted molar refractivity (Wildman–Crippen MR) is 139 cm³/mol. The standard InChI is InChI=1S/C28H28FN3O3S/c29-25-9-11-26(12-10-25)30-17-19-32(20-18-30)36(34,35)27-8-4-7-24(21-27)28(33)31-15-13-23(14-16-31)22-5-2-1-3-6-22/h1-13,21H,14-20H2. The molecule has 0 bridgehead atoms. The summed E-state index contributed by atoms with van der Waals surface area (Å²) < 4.78 is 41.4. The molecule has 0 atom stereocenters. The Kier molecular flexibility index (Phi) is 6.89. The highest BCUT2D eigenvalue weighted by Gasteiger charge is 2.29. The Labute approximate surface area is 211 Å². The zero-order valence-corrected chi connectivity index (χ0v) is 20.7. The van der Waals surface area contributed by atoms with E-state index in [4.69, 9.17) is 0 Å². The van der Waals surface area contributed by atoms with Gasteiger partial charge in [0.15, 0.2) is 0 Å². The van der Waals surface area contributed by atoms with Crippen molar-refractivity contribution >= 4 is 27.2 Å². The number of piperazine rings is 1. The van der Waals surface area contributed by atoms with Crippen LogP contribution < -0.4 is 4.90 Å². The fraction of sp³-hybridized carbons (Fsp3) is 0.250. The van der Waals surface area contributed by atoms with Crippen LogP contribution in [0.1, 0.15) is 22.3 Å². The van der Waals surface area contributed by atoms with Crippen LogP contribution in [0.2, 0.25) is 0 Å². The predicted octanol–water partition coefficient (Wildman–Crippen LogP) is 4.27. The summed E-state index contributed by atoms with van der Waals surface area (Å²) in [6, 6.07) is 22.7. The maximum absolute atomic E-state index is 13.3. The maximum Gasteiger partial charge on any atom is 0.254 e. The van der Waals surface area contributed by atoms with E-state index in [2.05, 4.69) is 18.2 Å². The Morgan fingerprint density at radius 2 is 1.53 bits per heavy atom. The third-order valence-corrected chi connectivity index (χ3v) is 8.68. The number of sulfonamides is 1. The van der Waals surface area contributed by atoms with E-state index in [1.54, 1.807) is 35.2 Å². The fourth-order valence-electron chi connectivity index (χ4n) is 4.73. The lowest BCUT2D eigenvalue weighted by Gasteiger charge is -2.35. The van der Waals surface area contributed by atoms with Crippen LogP contribution in [-0.4, -0.2) is 62.8 Å². The van der Waals surface area contributed by atoms with E-state index in [0.29, 0.717) is 44.8 Å². The van der Waals surface area contributed by atoms with Crippen molar-refractivity contribution in [1.82, 2.24) is 9.21 Å². The van der Waals surface area contributed by atoms with Crippen LogP contribution in [0.15, 0.2) is 89.8 Å². The van der Waals surface area contributed by atoms with Gasteiger partial charge in [-0.25, -0.2) is 12.8 Å². The quantitative estimate of drug-likeness (QED) is 0.520. The summed E-state index contributed by atoms with van der Waals surface area (Å²) in [6.07, 6.45) is 2.82. The molecule has 3 aromatic rings. The lowest BCUT2D eigenvalue weighted by atomic mass is 9.99. The number of carbonyl (C=O) groups excluding carboxylic acids is 1. The number of benzene rings is 3. The van der Waals surface area contributed by atoms with Gasteiger partial charge in [-0.1, -0.05) is 42.5 Å². The molecule has 2 aliphatic rings. The number of hydrogen-bond acceptors (Lipinski definition) is 4. The first kappa shape index (κ1) is 24.2. The van der Waals surface area contributed by atoms with Gasteiger partial charge in [0.1, 0.15) is 5.82 Å². The van der Waals surface area contributed by atoms with Gasteiger partial charge in [0.2, 0.25) is 10.0 Å². The number of rotatable bonds is 5. The van der Waals surface area contributed by atoms with Crippen LogP contribution >= 0.6 is 0 Å². The zero-order valence-electron chi connectivity index (χ0n) is 19.9. The number of halogens is 1. The molecule has 36 heavy (non-hydrogen) atoms. The lowest BCUT2D eigenvalue weighted by molar-refractivity contribution is 0.0772. The Morgan fingerprint density at radius 3 is 2.19 bits per heavy atom. The molecule has 1 fully saturated rings. The van der Waals surface area contributed by atoms with E-state index in [1.165, 1.54) is 28.1 Å². The normalized spacial score (nSPS) is 17.1. The molecule has 1 amide bonds. The Bertz CT molecular complexity index is 1370. The molecule has 0 aromatic heterocycles. The molecule has 0 spiro atoms. The average Bonchev–Trinajstić information content (AvgIpc) is 2.94. The van der Waals surface area contributed by atoms with Gasteiger partial charge in [-0.05, 0) is 60.0 Å². The summed E-state index contributed by atoms with van der Waals surface area (Å²) in [4.78, 5) is 17.1. The average molecular weight is 506 g/mol. The lowest BCUT2D eigenvalue weighted by Crippen LogP contribution is -2.48. The molecular weight excluding hydrogens is 477 g/mol. The molecule has 2 heterocycles. The highest BCUT2D eigenvalue weighted by Crippen LogP contribution is 2.25. The van der Waals surface area contributed by atoms with Crippen LogP contribution in [0.25, 0.3) is 5.57 Å². The minimum Gasteiger partial charge on any atom is -0.369 e. The summed E-state index contributed by atoms with van der Waals surface area (Å²) in [6.45, 7) is 2.72. The van der Waals surface area contributed by atoms with Gasteiger partial charge >= 0.3 is 0 Å². The SMILES string of the molecule is O=C(c1cccc(S(=O)(=O)N2CCN(c3ccc(F)cc3)CC2)c1)N1CC=C(c2ccccc2)CC1. The van der Waals surface area contributed by atoms with Gasteiger partial charge in [0.05, 0.1) is 4.90 Å². The minimum atomic E-state index is -3.74. The molecule has 1 saturated heterocycles. The van der Waals surface area contributed by atoms with Crippen molar-refractivity contribution in [2.75, 3.05) is 44.2 Å². The molecule has 3 aromatic carbocycles. The van der Waals surface area contributed by atoms with E-state index in [0.717, 1.165) is 17.7 Å². The molecule has 5 rings (SSSR count). The molecule has 2 aliphatic heterocycles. The molecule has 0 radical (unpaired) electrons. The molecule has 0 unspecified atom stereocenters. The van der Waals surface area contributed by atoms with Crippen LogP contribution in [0, 0.1) is 5.82 Å². The largest absolute Gasteiger partial charge is 0.369 e. The summed E-state index contributed by atoms with van der Waals surface area (Å²) in [5.74, 6) is -0.469. The monoisotopic (exact) mass is 505 g/mol. The molecular formula is C28H28FN3O3S. The maximum atomic E-state index is 13.3. The zero-order chi connectivity index (χ0) is 25.1. The van der Waals surface area contributed by atoms with Crippen molar-refractivity contribution in [3.05, 3.63) is 102 Å². The molecule has 0 N–H and O–H groups in total. The topological polar surface area (TPSA) is 60.9 Å². The van der Waals surface area contributed by atoms with Crippen molar-refractivity contribution in [1.29, 1.82) is 0 Å². The third-order valence-electron chi connectivity index (χ3n) is 6.79. The Morgan fingerprint density at radius 1 is 0.806 bits per heavy atom. The first-order valence-corrected chi connectivity index (χ1v) is 13.5. The number of amides is 1. The summed E-state index contributed by atoms with van der Waals surface area (Å²) in [7, 11) is -3.74. The molecule has 8 heteroatoms. The number of carbonyl (C=O) groups is 1. The fourth-order valence-corrected chi connectivity index (χ4v) is 6.20. The van der Waals surface area contributed by atoms with Crippen molar-refractivity contribution < 1.29 is 17.6 Å². The second-order valence-electron chi connectivity index (χ2n) is 8.99. The second kappa shape index (κ2) is 10.2. The van der Waals surface area contributed by atoms with Crippen molar-refractivity contribution in [2.45, 2.75) is 11.3 Å². The summed E-state index contributed by atoms with van der Waals surface area (Å²) in [5.41, 5.74) is 3.62. The molecule has 0 saturated carbocycles. The van der Waals surface area contributed by atoms with E-state index < -0.39 is 10.0 Å². The smallest absolute Gasteiger partial charge is 0.254 e. The third kappa shape index (κ3) is 5.05. The number of nitrogens with zero attached hydrogens (tertiary/aromatic N) is 3. The van der Waals surface area contributed by atoms with E-state index >= 15 is 0 Å². The van der Waals surface area contributed by atoms with Crippen molar-refractivity contribution in [2.24, 2.45) is 0 Å². The second-order valence-corrected chi connectivity index (χ2v) is 10.9. The van der Waals surface area contributed by atoms with Crippen LogP contribution in [-0.2, 0) is 10.0 Å². The van der Waals surface area contributed by atoms with Gasteiger partial charge in [-0.2, -0.15) is 4.31 Å². The summed E-state index contributed by atoms with van der Waals surface area (Å²) in [5, 5.41) is 0. The van der Waals surface area contributed by atoms with Crippen molar-refractivity contribution in [3.63, 3.8) is 0 Å². The molecule has 186 valence electrons. The number of hydrogen-bond donors (Lipinski definition) is 0. The highest BCUT2D eigenvalue weighted by atomic mass is 32.2. The highest BCUT2D eigenvalue weighted by molar-refractivity contribution is 7.89.